The smallest absolute Gasteiger partial charge is 0.263 e. The fraction of sp³-hybridized carbons (Fsp3) is 0.571. The van der Waals surface area contributed by atoms with E-state index in [-0.39, 0.29) is 16.6 Å². The van der Waals surface area contributed by atoms with Crippen molar-refractivity contribution in [3.63, 3.8) is 0 Å². The van der Waals surface area contributed by atoms with E-state index >= 15 is 0 Å². The first-order chi connectivity index (χ1) is 13.9. The second-order valence-electron chi connectivity index (χ2n) is 7.81. The zero-order valence-corrected chi connectivity index (χ0v) is 17.5. The Morgan fingerprint density at radius 1 is 1.31 bits per heavy atom. The van der Waals surface area contributed by atoms with Gasteiger partial charge < -0.3 is 5.32 Å². The quantitative estimate of drug-likeness (QED) is 0.712. The first-order valence-electron chi connectivity index (χ1n) is 10.3. The molecule has 1 saturated carbocycles. The van der Waals surface area contributed by atoms with Crippen LogP contribution in [0.4, 0.5) is 0 Å². The van der Waals surface area contributed by atoms with E-state index in [9.17, 15) is 18.5 Å². The van der Waals surface area contributed by atoms with Crippen LogP contribution < -0.4 is 10.0 Å². The summed E-state index contributed by atoms with van der Waals surface area (Å²) in [5.74, 6) is 0.274. The average Bonchev–Trinajstić information content (AvgIpc) is 2.98. The molecule has 1 aliphatic heterocycles. The van der Waals surface area contributed by atoms with Crippen molar-refractivity contribution >= 4 is 21.8 Å². The van der Waals surface area contributed by atoms with E-state index in [0.29, 0.717) is 24.3 Å². The number of benzene rings is 1. The summed E-state index contributed by atoms with van der Waals surface area (Å²) in [6.07, 6.45) is 7.51. The van der Waals surface area contributed by atoms with Crippen LogP contribution in [0, 0.1) is 17.2 Å². The highest BCUT2D eigenvalue weighted by Gasteiger charge is 2.33. The number of fused-ring (bicyclic) bond motifs is 1. The number of nitriles is 1. The SMILES string of the molecule is CCCC(C#N)NC(=O)C(CC1CCCCC1)N=C1NS(=O)(=O)c2ccccc21. The van der Waals surface area contributed by atoms with Gasteiger partial charge in [-0.2, -0.15) is 5.26 Å². The summed E-state index contributed by atoms with van der Waals surface area (Å²) in [5.41, 5.74) is 0.485. The molecular formula is C21H28N4O3S. The monoisotopic (exact) mass is 416 g/mol. The minimum absolute atomic E-state index is 0.177. The van der Waals surface area contributed by atoms with Crippen LogP contribution in [-0.4, -0.2) is 32.2 Å². The Hall–Kier alpha value is -2.40. The van der Waals surface area contributed by atoms with Crippen molar-refractivity contribution in [3.8, 4) is 6.07 Å². The number of amides is 1. The molecular weight excluding hydrogens is 388 g/mol. The number of carbonyl (C=O) groups excluding carboxylic acids is 1. The first kappa shape index (κ1) is 21.3. The van der Waals surface area contributed by atoms with E-state index in [1.165, 1.54) is 12.5 Å². The molecule has 0 radical (unpaired) electrons. The van der Waals surface area contributed by atoms with Gasteiger partial charge in [0.25, 0.3) is 10.0 Å². The third-order valence-electron chi connectivity index (χ3n) is 5.58. The molecule has 3 rings (SSSR count). The van der Waals surface area contributed by atoms with Crippen LogP contribution in [0.2, 0.25) is 0 Å². The van der Waals surface area contributed by atoms with Crippen molar-refractivity contribution in [1.82, 2.24) is 10.0 Å². The van der Waals surface area contributed by atoms with Crippen LogP contribution in [0.3, 0.4) is 0 Å². The third-order valence-corrected chi connectivity index (χ3v) is 6.98. The van der Waals surface area contributed by atoms with Crippen molar-refractivity contribution in [2.24, 2.45) is 10.9 Å². The van der Waals surface area contributed by atoms with Crippen molar-refractivity contribution in [3.05, 3.63) is 29.8 Å². The van der Waals surface area contributed by atoms with Gasteiger partial charge in [0.1, 0.15) is 17.9 Å². The predicted octanol–water partition coefficient (Wildman–Crippen LogP) is 2.87. The number of nitrogens with zero attached hydrogens (tertiary/aromatic N) is 2. The number of carbonyl (C=O) groups is 1. The molecule has 1 aliphatic carbocycles. The zero-order valence-electron chi connectivity index (χ0n) is 16.7. The summed E-state index contributed by atoms with van der Waals surface area (Å²) in [6, 6.07) is 7.47. The van der Waals surface area contributed by atoms with Crippen molar-refractivity contribution in [2.75, 3.05) is 0 Å². The van der Waals surface area contributed by atoms with Gasteiger partial charge in [0, 0.05) is 5.56 Å². The highest BCUT2D eigenvalue weighted by Crippen LogP contribution is 2.29. The summed E-state index contributed by atoms with van der Waals surface area (Å²) in [6.45, 7) is 1.96. The average molecular weight is 417 g/mol. The third kappa shape index (κ3) is 5.15. The number of aliphatic imine (C=N–C) groups is 1. The Kier molecular flexibility index (Phi) is 6.91. The summed E-state index contributed by atoms with van der Waals surface area (Å²) < 4.78 is 27.2. The Balaban J connectivity index is 1.88. The lowest BCUT2D eigenvalue weighted by Crippen LogP contribution is -2.42. The largest absolute Gasteiger partial charge is 0.339 e. The summed E-state index contributed by atoms with van der Waals surface area (Å²) in [5, 5.41) is 12.1. The molecule has 0 bridgehead atoms. The van der Waals surface area contributed by atoms with E-state index in [4.69, 9.17) is 0 Å². The van der Waals surface area contributed by atoms with Crippen LogP contribution in [0.25, 0.3) is 0 Å². The highest BCUT2D eigenvalue weighted by molar-refractivity contribution is 7.90. The molecule has 2 N–H and O–H groups in total. The predicted molar refractivity (Wildman–Crippen MR) is 111 cm³/mol. The molecule has 7 nitrogen and oxygen atoms in total. The fourth-order valence-corrected chi connectivity index (χ4v) is 5.31. The number of hydrogen-bond donors (Lipinski definition) is 2. The second kappa shape index (κ2) is 9.40. The van der Waals surface area contributed by atoms with E-state index in [1.807, 2.05) is 6.92 Å². The Morgan fingerprint density at radius 2 is 2.03 bits per heavy atom. The molecule has 8 heteroatoms. The molecule has 0 saturated heterocycles. The number of hydrogen-bond acceptors (Lipinski definition) is 5. The standard InChI is InChI=1S/C21H28N4O3S/c1-2-8-16(14-22)23-21(26)18(13-15-9-4-3-5-10-15)24-20-17-11-6-7-12-19(17)29(27,28)25-20/h6-7,11-12,15-16,18H,2-5,8-10,13H2,1H3,(H,23,26)(H,24,25). The minimum Gasteiger partial charge on any atom is -0.339 e. The van der Waals surface area contributed by atoms with Gasteiger partial charge in [0.2, 0.25) is 5.91 Å². The van der Waals surface area contributed by atoms with Gasteiger partial charge in [-0.25, -0.2) is 8.42 Å². The molecule has 156 valence electrons. The molecule has 1 amide bonds. The van der Waals surface area contributed by atoms with Crippen LogP contribution in [0.1, 0.15) is 63.9 Å². The van der Waals surface area contributed by atoms with Gasteiger partial charge in [-0.1, -0.05) is 57.6 Å². The Labute approximate surface area is 172 Å². The first-order valence-corrected chi connectivity index (χ1v) is 11.8. The van der Waals surface area contributed by atoms with Crippen molar-refractivity contribution in [1.29, 1.82) is 5.26 Å². The summed E-state index contributed by atoms with van der Waals surface area (Å²) in [7, 11) is -3.66. The van der Waals surface area contributed by atoms with E-state index < -0.39 is 22.1 Å². The van der Waals surface area contributed by atoms with Crippen LogP contribution in [-0.2, 0) is 14.8 Å². The molecule has 1 fully saturated rings. The Morgan fingerprint density at radius 3 is 2.72 bits per heavy atom. The molecule has 2 unspecified atom stereocenters. The summed E-state index contributed by atoms with van der Waals surface area (Å²) >= 11 is 0. The van der Waals surface area contributed by atoms with Crippen molar-refractivity contribution < 1.29 is 13.2 Å². The number of rotatable bonds is 7. The van der Waals surface area contributed by atoms with Gasteiger partial charge in [0.05, 0.1) is 11.0 Å². The van der Waals surface area contributed by atoms with E-state index in [0.717, 1.165) is 32.1 Å². The van der Waals surface area contributed by atoms with E-state index in [1.54, 1.807) is 18.2 Å². The number of nitrogens with one attached hydrogen (secondary N) is 2. The van der Waals surface area contributed by atoms with Crippen LogP contribution in [0.15, 0.2) is 34.2 Å². The maximum absolute atomic E-state index is 13.0. The number of amidine groups is 1. The fourth-order valence-electron chi connectivity index (χ4n) is 4.07. The van der Waals surface area contributed by atoms with Gasteiger partial charge in [-0.05, 0) is 30.9 Å². The Bertz CT molecular complexity index is 914. The van der Waals surface area contributed by atoms with Gasteiger partial charge >= 0.3 is 0 Å². The molecule has 1 aromatic rings. The molecule has 2 aliphatic rings. The maximum Gasteiger partial charge on any atom is 0.263 e. The van der Waals surface area contributed by atoms with Crippen LogP contribution >= 0.6 is 0 Å². The van der Waals surface area contributed by atoms with Gasteiger partial charge in [0.15, 0.2) is 0 Å². The normalized spacial score (nSPS) is 21.6. The lowest BCUT2D eigenvalue weighted by molar-refractivity contribution is -0.123. The van der Waals surface area contributed by atoms with E-state index in [2.05, 4.69) is 21.1 Å². The maximum atomic E-state index is 13.0. The number of sulfonamides is 1. The molecule has 29 heavy (non-hydrogen) atoms. The van der Waals surface area contributed by atoms with Crippen LogP contribution in [0.5, 0.6) is 0 Å². The molecule has 2 atom stereocenters. The molecule has 0 spiro atoms. The zero-order chi connectivity index (χ0) is 20.9. The topological polar surface area (TPSA) is 111 Å². The summed E-state index contributed by atoms with van der Waals surface area (Å²) in [4.78, 5) is 17.7. The van der Waals surface area contributed by atoms with Gasteiger partial charge in [-0.3, -0.25) is 14.5 Å². The highest BCUT2D eigenvalue weighted by atomic mass is 32.2. The molecule has 1 aromatic carbocycles. The lowest BCUT2D eigenvalue weighted by atomic mass is 9.84. The minimum atomic E-state index is -3.66. The second-order valence-corrected chi connectivity index (χ2v) is 9.46. The van der Waals surface area contributed by atoms with Gasteiger partial charge in [-0.15, -0.1) is 0 Å². The van der Waals surface area contributed by atoms with Crippen molar-refractivity contribution in [2.45, 2.75) is 75.3 Å². The lowest BCUT2D eigenvalue weighted by Gasteiger charge is -2.25. The molecule has 0 aromatic heterocycles. The molecule has 1 heterocycles.